The molecule has 5 aromatic rings. The molecule has 0 saturated heterocycles. The Bertz CT molecular complexity index is 1960. The number of carbonyl (C=O) groups is 1. The Kier molecular flexibility index (Phi) is 8.49. The standard InChI is InChI=1S/C33H32N6O5S/c1-43-26-16-25(17-27(19-26)44-2)35-32-33(37-30-13-6-5-12-29(30)36-32)38-45(41,42)28-11-7-10-24(18-28)34-31(40)21-39-15-14-22-8-3-4-9-23(22)20-39/h3-13,16-19H,14-15,20-21H2,1-2H3,(H,34,40)(H,35,36)(H,37,38). The Labute approximate surface area is 261 Å². The Morgan fingerprint density at radius 2 is 1.47 bits per heavy atom. The summed E-state index contributed by atoms with van der Waals surface area (Å²) in [7, 11) is -1.07. The van der Waals surface area contributed by atoms with E-state index in [1.54, 1.807) is 48.5 Å². The van der Waals surface area contributed by atoms with Crippen LogP contribution in [0.3, 0.4) is 0 Å². The molecule has 0 radical (unpaired) electrons. The molecule has 1 aliphatic rings. The second-order valence-electron chi connectivity index (χ2n) is 10.5. The van der Waals surface area contributed by atoms with E-state index in [-0.39, 0.29) is 29.0 Å². The van der Waals surface area contributed by atoms with E-state index in [1.165, 1.54) is 37.5 Å². The van der Waals surface area contributed by atoms with Gasteiger partial charge < -0.3 is 20.1 Å². The zero-order valence-corrected chi connectivity index (χ0v) is 25.6. The molecule has 2 heterocycles. The molecule has 0 saturated carbocycles. The maximum Gasteiger partial charge on any atom is 0.263 e. The fourth-order valence-electron chi connectivity index (χ4n) is 5.19. The number of nitrogens with zero attached hydrogens (tertiary/aromatic N) is 3. The molecule has 1 aromatic heterocycles. The van der Waals surface area contributed by atoms with Gasteiger partial charge in [-0.25, -0.2) is 18.4 Å². The Hall–Kier alpha value is -5.20. The smallest absolute Gasteiger partial charge is 0.263 e. The molecule has 3 N–H and O–H groups in total. The molecule has 1 aliphatic heterocycles. The Morgan fingerprint density at radius 1 is 0.800 bits per heavy atom. The fourth-order valence-corrected chi connectivity index (χ4v) is 6.25. The molecule has 4 aromatic carbocycles. The van der Waals surface area contributed by atoms with Gasteiger partial charge in [-0.1, -0.05) is 42.5 Å². The first-order valence-corrected chi connectivity index (χ1v) is 15.8. The molecule has 1 amide bonds. The number of benzene rings is 4. The minimum Gasteiger partial charge on any atom is -0.497 e. The first-order chi connectivity index (χ1) is 21.8. The monoisotopic (exact) mass is 624 g/mol. The molecule has 0 spiro atoms. The van der Waals surface area contributed by atoms with E-state index < -0.39 is 10.0 Å². The van der Waals surface area contributed by atoms with Crippen molar-refractivity contribution in [2.45, 2.75) is 17.9 Å². The largest absolute Gasteiger partial charge is 0.497 e. The lowest BCUT2D eigenvalue weighted by Gasteiger charge is -2.28. The Morgan fingerprint density at radius 3 is 2.18 bits per heavy atom. The number of rotatable bonds is 10. The molecule has 12 heteroatoms. The summed E-state index contributed by atoms with van der Waals surface area (Å²) < 4.78 is 40.6. The van der Waals surface area contributed by atoms with Crippen LogP contribution < -0.4 is 24.8 Å². The van der Waals surface area contributed by atoms with Crippen molar-refractivity contribution >= 4 is 50.0 Å². The van der Waals surface area contributed by atoms with E-state index in [0.717, 1.165) is 13.0 Å². The van der Waals surface area contributed by atoms with Crippen molar-refractivity contribution < 1.29 is 22.7 Å². The van der Waals surface area contributed by atoms with Crippen LogP contribution in [0.1, 0.15) is 11.1 Å². The number of carbonyl (C=O) groups excluding carboxylic acids is 1. The minimum absolute atomic E-state index is 0.00435. The average Bonchev–Trinajstić information content (AvgIpc) is 3.04. The van der Waals surface area contributed by atoms with Crippen LogP contribution in [0.2, 0.25) is 0 Å². The summed E-state index contributed by atoms with van der Waals surface area (Å²) in [5.74, 6) is 1.03. The highest BCUT2D eigenvalue weighted by Crippen LogP contribution is 2.31. The lowest BCUT2D eigenvalue weighted by Crippen LogP contribution is -2.37. The first-order valence-electron chi connectivity index (χ1n) is 14.3. The maximum atomic E-state index is 13.6. The predicted octanol–water partition coefficient (Wildman–Crippen LogP) is 5.19. The van der Waals surface area contributed by atoms with Crippen LogP contribution in [0.5, 0.6) is 11.5 Å². The lowest BCUT2D eigenvalue weighted by atomic mass is 10.00. The van der Waals surface area contributed by atoms with Crippen LogP contribution in [0.25, 0.3) is 11.0 Å². The van der Waals surface area contributed by atoms with E-state index in [9.17, 15) is 13.2 Å². The van der Waals surface area contributed by atoms with E-state index in [1.807, 2.05) is 18.2 Å². The highest BCUT2D eigenvalue weighted by atomic mass is 32.2. The van der Waals surface area contributed by atoms with Gasteiger partial charge in [-0.3, -0.25) is 14.4 Å². The summed E-state index contributed by atoms with van der Waals surface area (Å²) in [6, 6.07) is 26.7. The third kappa shape index (κ3) is 6.97. The number of hydrogen-bond donors (Lipinski definition) is 3. The van der Waals surface area contributed by atoms with E-state index in [0.29, 0.717) is 40.5 Å². The molecule has 0 aliphatic carbocycles. The third-order valence-electron chi connectivity index (χ3n) is 7.42. The number of amides is 1. The van der Waals surface area contributed by atoms with E-state index in [2.05, 4.69) is 42.4 Å². The first kappa shape index (κ1) is 29.9. The van der Waals surface area contributed by atoms with Crippen molar-refractivity contribution in [2.75, 3.05) is 42.7 Å². The highest BCUT2D eigenvalue weighted by molar-refractivity contribution is 7.92. The normalized spacial score (nSPS) is 13.1. The molecule has 0 bridgehead atoms. The quantitative estimate of drug-likeness (QED) is 0.192. The van der Waals surface area contributed by atoms with Gasteiger partial charge >= 0.3 is 0 Å². The molecule has 45 heavy (non-hydrogen) atoms. The minimum atomic E-state index is -4.14. The van der Waals surface area contributed by atoms with Gasteiger partial charge in [0, 0.05) is 42.7 Å². The number of hydrogen-bond acceptors (Lipinski definition) is 9. The molecular weight excluding hydrogens is 592 g/mol. The summed E-state index contributed by atoms with van der Waals surface area (Å²) in [4.78, 5) is 24.2. The number of nitrogens with one attached hydrogen (secondary N) is 3. The predicted molar refractivity (Wildman–Crippen MR) is 174 cm³/mol. The van der Waals surface area contributed by atoms with Crippen molar-refractivity contribution in [3.63, 3.8) is 0 Å². The van der Waals surface area contributed by atoms with E-state index in [4.69, 9.17) is 9.47 Å². The van der Waals surface area contributed by atoms with Crippen molar-refractivity contribution in [1.29, 1.82) is 0 Å². The second-order valence-corrected chi connectivity index (χ2v) is 12.2. The summed E-state index contributed by atoms with van der Waals surface area (Å²) >= 11 is 0. The topological polar surface area (TPSA) is 135 Å². The number of methoxy groups -OCH3 is 2. The van der Waals surface area contributed by atoms with Gasteiger partial charge in [0.05, 0.1) is 36.7 Å². The zero-order valence-electron chi connectivity index (χ0n) is 24.8. The van der Waals surface area contributed by atoms with Crippen molar-refractivity contribution in [1.82, 2.24) is 14.9 Å². The molecular formula is C33H32N6O5S. The van der Waals surface area contributed by atoms with Crippen LogP contribution in [0.4, 0.5) is 23.0 Å². The third-order valence-corrected chi connectivity index (χ3v) is 8.76. The molecule has 0 unspecified atom stereocenters. The molecule has 230 valence electrons. The zero-order chi connectivity index (χ0) is 31.4. The van der Waals surface area contributed by atoms with Crippen molar-refractivity contribution in [2.24, 2.45) is 0 Å². The molecule has 11 nitrogen and oxygen atoms in total. The maximum absolute atomic E-state index is 13.6. The summed E-state index contributed by atoms with van der Waals surface area (Å²) in [6.45, 7) is 1.66. The summed E-state index contributed by atoms with van der Waals surface area (Å²) in [5, 5.41) is 5.99. The number of aromatic nitrogens is 2. The number of anilines is 4. The number of sulfonamides is 1. The lowest BCUT2D eigenvalue weighted by molar-refractivity contribution is -0.117. The summed E-state index contributed by atoms with van der Waals surface area (Å²) in [5.41, 5.74) is 4.51. The molecule has 0 atom stereocenters. The molecule has 0 fully saturated rings. The SMILES string of the molecule is COc1cc(Nc2nc3ccccc3nc2NS(=O)(=O)c2cccc(NC(=O)CN3CCc4ccccc4C3)c2)cc(OC)c1. The van der Waals surface area contributed by atoms with Crippen molar-refractivity contribution in [3.8, 4) is 11.5 Å². The van der Waals surface area contributed by atoms with Crippen LogP contribution in [0, 0.1) is 0 Å². The molecule has 6 rings (SSSR count). The van der Waals surface area contributed by atoms with Gasteiger partial charge in [0.1, 0.15) is 11.5 Å². The van der Waals surface area contributed by atoms with Gasteiger partial charge in [-0.2, -0.15) is 0 Å². The second kappa shape index (κ2) is 12.8. The van der Waals surface area contributed by atoms with Crippen molar-refractivity contribution in [3.05, 3.63) is 102 Å². The van der Waals surface area contributed by atoms with Gasteiger partial charge in [0.25, 0.3) is 10.0 Å². The number of ether oxygens (including phenoxy) is 2. The number of fused-ring (bicyclic) bond motifs is 2. The average molecular weight is 625 g/mol. The fraction of sp³-hybridized carbons (Fsp3) is 0.182. The van der Waals surface area contributed by atoms with Crippen LogP contribution in [0.15, 0.2) is 95.9 Å². The van der Waals surface area contributed by atoms with E-state index >= 15 is 0 Å². The van der Waals surface area contributed by atoms with Gasteiger partial charge in [-0.05, 0) is 47.9 Å². The highest BCUT2D eigenvalue weighted by Gasteiger charge is 2.22. The van der Waals surface area contributed by atoms with Gasteiger partial charge in [0.15, 0.2) is 11.6 Å². The van der Waals surface area contributed by atoms with Gasteiger partial charge in [0.2, 0.25) is 5.91 Å². The summed E-state index contributed by atoms with van der Waals surface area (Å²) in [6.07, 6.45) is 0.878. The van der Waals surface area contributed by atoms with Crippen LogP contribution in [-0.2, 0) is 27.8 Å². The van der Waals surface area contributed by atoms with Gasteiger partial charge in [-0.15, -0.1) is 0 Å². The van der Waals surface area contributed by atoms with Crippen LogP contribution >= 0.6 is 0 Å². The Balaban J connectivity index is 1.22. The van der Waals surface area contributed by atoms with Crippen LogP contribution in [-0.4, -0.2) is 56.5 Å². The number of para-hydroxylation sites is 2.